The molecule has 4 aliphatic carbocycles. The summed E-state index contributed by atoms with van der Waals surface area (Å²) in [5.74, 6) is 3.62. The van der Waals surface area contributed by atoms with Crippen molar-refractivity contribution in [2.45, 2.75) is 96.7 Å². The first-order chi connectivity index (χ1) is 24.9. The number of rotatable bonds is 7. The molecule has 271 valence electrons. The topological polar surface area (TPSA) is 51.8 Å². The zero-order valence-electron chi connectivity index (χ0n) is 31.0. The number of furan rings is 1. The summed E-state index contributed by atoms with van der Waals surface area (Å²) in [5.41, 5.74) is 8.52. The van der Waals surface area contributed by atoms with Crippen LogP contribution in [0, 0.1) is 35.8 Å². The van der Waals surface area contributed by atoms with Crippen molar-refractivity contribution < 1.29 is 24.5 Å². The first-order valence-electron chi connectivity index (χ1n) is 19.5. The molecule has 6 aromatic rings. The van der Waals surface area contributed by atoms with Gasteiger partial charge in [0.05, 0.1) is 13.7 Å². The molecule has 1 unspecified atom stereocenters. The van der Waals surface area contributed by atoms with Crippen molar-refractivity contribution in [3.8, 4) is 22.5 Å². The van der Waals surface area contributed by atoms with E-state index in [0.717, 1.165) is 62.5 Å². The van der Waals surface area contributed by atoms with Crippen LogP contribution in [0.2, 0.25) is 19.6 Å². The minimum atomic E-state index is -1.36. The Morgan fingerprint density at radius 3 is 2.35 bits per heavy atom. The molecule has 0 spiro atoms. The monoisotopic (exact) mass is 882 g/mol. The van der Waals surface area contributed by atoms with Gasteiger partial charge in [-0.1, -0.05) is 98.8 Å². The van der Waals surface area contributed by atoms with E-state index in [1.165, 1.54) is 82.6 Å². The van der Waals surface area contributed by atoms with E-state index in [9.17, 15) is 0 Å². The number of benzene rings is 2. The van der Waals surface area contributed by atoms with Gasteiger partial charge >= 0.3 is 0 Å². The SMILES string of the molecule is C[Si](C)(C)c1cnc(-c2[c-]cccc2)cc1CC1CCCCC1.[Ir].[c-]1ccc2c(oc3ncccc32)c1-c1cc(CC2CC3CCC2CC3)ccn1. The molecule has 2 bridgehead atoms. The molecule has 0 N–H and O–H groups in total. The van der Waals surface area contributed by atoms with Crippen LogP contribution in [-0.2, 0) is 32.9 Å². The van der Waals surface area contributed by atoms with Gasteiger partial charge in [-0.2, -0.15) is 0 Å². The third-order valence-corrected chi connectivity index (χ3v) is 14.1. The van der Waals surface area contributed by atoms with E-state index in [1.54, 1.807) is 16.9 Å². The molecule has 52 heavy (non-hydrogen) atoms. The van der Waals surface area contributed by atoms with Crippen LogP contribution < -0.4 is 5.19 Å². The predicted octanol–water partition coefficient (Wildman–Crippen LogP) is 11.4. The molecule has 1 atom stereocenters. The summed E-state index contributed by atoms with van der Waals surface area (Å²) in [6, 6.07) is 29.7. The van der Waals surface area contributed by atoms with Crippen LogP contribution in [0.25, 0.3) is 44.6 Å². The van der Waals surface area contributed by atoms with Crippen LogP contribution in [0.15, 0.2) is 89.7 Å². The Hall–Kier alpha value is -3.44. The maximum absolute atomic E-state index is 6.09. The normalized spacial score (nSPS) is 20.3. The third kappa shape index (κ3) is 8.20. The molecule has 2 aromatic carbocycles. The van der Waals surface area contributed by atoms with Gasteiger partial charge in [-0.25, -0.2) is 4.98 Å². The van der Waals surface area contributed by atoms with Crippen LogP contribution in [0.1, 0.15) is 75.3 Å². The molecule has 4 saturated carbocycles. The molecule has 1 radical (unpaired) electrons. The Morgan fingerprint density at radius 1 is 0.750 bits per heavy atom. The number of aromatic nitrogens is 3. The number of hydrogen-bond donors (Lipinski definition) is 0. The summed E-state index contributed by atoms with van der Waals surface area (Å²) in [6.45, 7) is 7.30. The largest absolute Gasteiger partial charge is 0.486 e. The standard InChI is InChI=1S/C25H23N2O.C21H28NSi.Ir/c1-3-20-21-5-2-11-27-25(21)28-24(20)22(4-1)23-15-17(10-12-26-23)14-19-13-16-6-8-18(19)9-7-16;1-23(2,3)21-16-22-20(18-12-8-5-9-13-18)15-19(21)14-17-10-6-4-7-11-17;/h1-3,5,10-12,15-16,18-19H,6-9,13-14H2;5,8-9,12,15-17H,4,6-7,10-11,14H2,1-3H3;/q2*-1;. The molecule has 4 nitrogen and oxygen atoms in total. The quantitative estimate of drug-likeness (QED) is 0.118. The number of pyridine rings is 3. The summed E-state index contributed by atoms with van der Waals surface area (Å²) >= 11 is 0. The Kier molecular flexibility index (Phi) is 11.6. The summed E-state index contributed by atoms with van der Waals surface area (Å²) in [7, 11) is -1.36. The van der Waals surface area contributed by atoms with Gasteiger partial charge in [-0.05, 0) is 90.5 Å². The minimum absolute atomic E-state index is 0. The molecular formula is C46H51IrN3OSi-2. The number of hydrogen-bond acceptors (Lipinski definition) is 4. The summed E-state index contributed by atoms with van der Waals surface area (Å²) in [4.78, 5) is 13.8. The molecule has 4 fully saturated rings. The second kappa shape index (κ2) is 16.3. The third-order valence-electron chi connectivity index (χ3n) is 12.0. The molecular weight excluding hydrogens is 831 g/mol. The first-order valence-corrected chi connectivity index (χ1v) is 23.0. The van der Waals surface area contributed by atoms with Crippen LogP contribution in [-0.4, -0.2) is 23.0 Å². The van der Waals surface area contributed by atoms with E-state index in [-0.39, 0.29) is 20.1 Å². The van der Waals surface area contributed by atoms with Crippen molar-refractivity contribution >= 4 is 35.3 Å². The number of fused-ring (bicyclic) bond motifs is 6. The average molecular weight is 882 g/mol. The smallest absolute Gasteiger partial charge is 0.216 e. The van der Waals surface area contributed by atoms with Crippen LogP contribution in [0.3, 0.4) is 0 Å². The van der Waals surface area contributed by atoms with Crippen LogP contribution in [0.5, 0.6) is 0 Å². The van der Waals surface area contributed by atoms with Crippen molar-refractivity contribution in [2.24, 2.45) is 23.7 Å². The molecule has 10 rings (SSSR count). The molecule has 4 aromatic heterocycles. The second-order valence-corrected chi connectivity index (χ2v) is 21.6. The van der Waals surface area contributed by atoms with Crippen molar-refractivity contribution in [2.75, 3.05) is 0 Å². The fraction of sp³-hybridized carbons (Fsp3) is 0.413. The van der Waals surface area contributed by atoms with E-state index in [4.69, 9.17) is 9.40 Å². The summed E-state index contributed by atoms with van der Waals surface area (Å²) in [5, 5.41) is 3.67. The van der Waals surface area contributed by atoms with E-state index in [1.807, 2.05) is 30.5 Å². The van der Waals surface area contributed by atoms with Crippen molar-refractivity contribution in [3.63, 3.8) is 0 Å². The van der Waals surface area contributed by atoms with Gasteiger partial charge in [-0.15, -0.1) is 54.1 Å². The zero-order valence-corrected chi connectivity index (χ0v) is 34.4. The molecule has 0 amide bonds. The molecule has 6 heteroatoms. The van der Waals surface area contributed by atoms with E-state index in [0.29, 0.717) is 5.71 Å². The van der Waals surface area contributed by atoms with Gasteiger partial charge in [0.15, 0.2) is 0 Å². The summed E-state index contributed by atoms with van der Waals surface area (Å²) in [6.07, 6.45) is 22.6. The van der Waals surface area contributed by atoms with Gasteiger partial charge in [0.25, 0.3) is 0 Å². The maximum Gasteiger partial charge on any atom is 0.216 e. The summed E-state index contributed by atoms with van der Waals surface area (Å²) < 4.78 is 6.09. The molecule has 0 aliphatic heterocycles. The molecule has 4 heterocycles. The van der Waals surface area contributed by atoms with E-state index >= 15 is 0 Å². The molecule has 4 aliphatic rings. The van der Waals surface area contributed by atoms with Gasteiger partial charge in [0.2, 0.25) is 5.71 Å². The molecule has 0 saturated heterocycles. The maximum atomic E-state index is 6.09. The van der Waals surface area contributed by atoms with Gasteiger partial charge < -0.3 is 14.4 Å². The Bertz CT molecular complexity index is 2090. The van der Waals surface area contributed by atoms with Crippen molar-refractivity contribution in [1.82, 2.24) is 15.0 Å². The average Bonchev–Trinajstić information content (AvgIpc) is 3.55. The predicted molar refractivity (Wildman–Crippen MR) is 213 cm³/mol. The van der Waals surface area contributed by atoms with E-state index < -0.39 is 8.07 Å². The van der Waals surface area contributed by atoms with Gasteiger partial charge in [-0.3, -0.25) is 0 Å². The Labute approximate surface area is 324 Å². The fourth-order valence-corrected chi connectivity index (χ4v) is 10.9. The van der Waals surface area contributed by atoms with Crippen LogP contribution >= 0.6 is 0 Å². The van der Waals surface area contributed by atoms with E-state index in [2.05, 4.69) is 90.4 Å². The van der Waals surface area contributed by atoms with Gasteiger partial charge in [0, 0.05) is 44.1 Å². The first kappa shape index (κ1) is 36.9. The zero-order chi connectivity index (χ0) is 34.8. The van der Waals surface area contributed by atoms with Crippen molar-refractivity contribution in [1.29, 1.82) is 0 Å². The Morgan fingerprint density at radius 2 is 1.60 bits per heavy atom. The second-order valence-electron chi connectivity index (χ2n) is 16.5. The Balaban J connectivity index is 0.000000162. The van der Waals surface area contributed by atoms with Gasteiger partial charge in [0.1, 0.15) is 0 Å². The van der Waals surface area contributed by atoms with Crippen molar-refractivity contribution in [3.05, 3.63) is 109 Å². The minimum Gasteiger partial charge on any atom is -0.486 e. The van der Waals surface area contributed by atoms with Crippen LogP contribution in [0.4, 0.5) is 0 Å². The number of nitrogens with zero attached hydrogens (tertiary/aromatic N) is 3. The fourth-order valence-electron chi connectivity index (χ4n) is 9.32.